The molecule has 0 bridgehead atoms. The summed E-state index contributed by atoms with van der Waals surface area (Å²) < 4.78 is 5.38. The molecule has 0 saturated carbocycles. The van der Waals surface area contributed by atoms with Gasteiger partial charge in [-0.15, -0.1) is 0 Å². The molecule has 1 amide bonds. The maximum absolute atomic E-state index is 11.1. The van der Waals surface area contributed by atoms with Crippen molar-refractivity contribution in [3.63, 3.8) is 0 Å². The standard InChI is InChI=1S/C13H12N4O4/c1-7-9(14)3-5-12(16-7)21-11-4-2-8(13(15)18)6-10(11)17(19)20/h2-6H,14H2,1H3,(H2,15,18). The van der Waals surface area contributed by atoms with Crippen LogP contribution in [-0.2, 0) is 0 Å². The number of nitrogens with zero attached hydrogens (tertiary/aromatic N) is 2. The number of aromatic nitrogens is 1. The fourth-order valence-electron chi connectivity index (χ4n) is 1.62. The van der Waals surface area contributed by atoms with E-state index in [1.165, 1.54) is 18.2 Å². The highest BCUT2D eigenvalue weighted by molar-refractivity contribution is 5.93. The summed E-state index contributed by atoms with van der Waals surface area (Å²) in [5, 5.41) is 11.0. The van der Waals surface area contributed by atoms with Crippen molar-refractivity contribution in [3.05, 3.63) is 51.7 Å². The highest BCUT2D eigenvalue weighted by Crippen LogP contribution is 2.31. The van der Waals surface area contributed by atoms with Gasteiger partial charge in [0.2, 0.25) is 17.5 Å². The average molecular weight is 288 g/mol. The third-order valence-corrected chi connectivity index (χ3v) is 2.76. The van der Waals surface area contributed by atoms with Crippen molar-refractivity contribution in [2.75, 3.05) is 5.73 Å². The lowest BCUT2D eigenvalue weighted by atomic mass is 10.2. The highest BCUT2D eigenvalue weighted by Gasteiger charge is 2.19. The molecule has 0 unspecified atom stereocenters. The lowest BCUT2D eigenvalue weighted by Crippen LogP contribution is -2.11. The van der Waals surface area contributed by atoms with Gasteiger partial charge in [0.05, 0.1) is 16.3 Å². The van der Waals surface area contributed by atoms with Crippen molar-refractivity contribution >= 4 is 17.3 Å². The summed E-state index contributed by atoms with van der Waals surface area (Å²) in [4.78, 5) is 25.5. The van der Waals surface area contributed by atoms with Crippen LogP contribution >= 0.6 is 0 Å². The van der Waals surface area contributed by atoms with Crippen molar-refractivity contribution < 1.29 is 14.5 Å². The molecule has 8 nitrogen and oxygen atoms in total. The van der Waals surface area contributed by atoms with E-state index in [1.54, 1.807) is 13.0 Å². The molecule has 0 aliphatic rings. The van der Waals surface area contributed by atoms with Crippen molar-refractivity contribution in [2.24, 2.45) is 5.73 Å². The zero-order chi connectivity index (χ0) is 15.6. The smallest absolute Gasteiger partial charge is 0.312 e. The highest BCUT2D eigenvalue weighted by atomic mass is 16.6. The molecule has 2 aromatic rings. The molecular weight excluding hydrogens is 276 g/mol. The fraction of sp³-hybridized carbons (Fsp3) is 0.0769. The molecule has 0 spiro atoms. The Morgan fingerprint density at radius 2 is 2.05 bits per heavy atom. The van der Waals surface area contributed by atoms with Gasteiger partial charge in [-0.2, -0.15) is 0 Å². The summed E-state index contributed by atoms with van der Waals surface area (Å²) in [6.07, 6.45) is 0. The Balaban J connectivity index is 2.41. The molecule has 1 aromatic heterocycles. The van der Waals surface area contributed by atoms with Crippen LogP contribution in [0.25, 0.3) is 0 Å². The van der Waals surface area contributed by atoms with E-state index in [4.69, 9.17) is 16.2 Å². The number of aryl methyl sites for hydroxylation is 1. The fourth-order valence-corrected chi connectivity index (χ4v) is 1.62. The van der Waals surface area contributed by atoms with E-state index in [0.717, 1.165) is 6.07 Å². The number of nitro benzene ring substituents is 1. The number of benzene rings is 1. The normalized spacial score (nSPS) is 10.1. The molecule has 2 rings (SSSR count). The summed E-state index contributed by atoms with van der Waals surface area (Å²) in [5.41, 5.74) is 11.4. The first-order valence-corrected chi connectivity index (χ1v) is 5.87. The van der Waals surface area contributed by atoms with Gasteiger partial charge in [-0.3, -0.25) is 14.9 Å². The molecular formula is C13H12N4O4. The van der Waals surface area contributed by atoms with E-state index < -0.39 is 10.8 Å². The van der Waals surface area contributed by atoms with Crippen molar-refractivity contribution in [1.82, 2.24) is 4.98 Å². The largest absolute Gasteiger partial charge is 0.432 e. The zero-order valence-corrected chi connectivity index (χ0v) is 11.1. The van der Waals surface area contributed by atoms with Crippen LogP contribution < -0.4 is 16.2 Å². The molecule has 0 fully saturated rings. The monoisotopic (exact) mass is 288 g/mol. The quantitative estimate of drug-likeness (QED) is 0.650. The third-order valence-electron chi connectivity index (χ3n) is 2.76. The SMILES string of the molecule is Cc1nc(Oc2ccc(C(N)=O)cc2[N+](=O)[O-])ccc1N. The van der Waals surface area contributed by atoms with Crippen molar-refractivity contribution in [1.29, 1.82) is 0 Å². The number of primary amides is 1. The molecule has 1 aromatic carbocycles. The summed E-state index contributed by atoms with van der Waals surface area (Å²) in [5.74, 6) is -0.635. The molecule has 0 radical (unpaired) electrons. The van der Waals surface area contributed by atoms with Gasteiger partial charge in [-0.25, -0.2) is 4.98 Å². The predicted molar refractivity (Wildman–Crippen MR) is 75.1 cm³/mol. The molecule has 21 heavy (non-hydrogen) atoms. The van der Waals surface area contributed by atoms with Gasteiger partial charge >= 0.3 is 5.69 Å². The lowest BCUT2D eigenvalue weighted by Gasteiger charge is -2.07. The number of rotatable bonds is 4. The van der Waals surface area contributed by atoms with Gasteiger partial charge in [0.25, 0.3) is 0 Å². The van der Waals surface area contributed by atoms with E-state index in [-0.39, 0.29) is 22.9 Å². The molecule has 1 heterocycles. The Bertz CT molecular complexity index is 730. The minimum absolute atomic E-state index is 0.0236. The van der Waals surface area contributed by atoms with Crippen LogP contribution in [0.4, 0.5) is 11.4 Å². The number of hydrogen-bond acceptors (Lipinski definition) is 6. The Kier molecular flexibility index (Phi) is 3.70. The summed E-state index contributed by atoms with van der Waals surface area (Å²) in [6.45, 7) is 1.69. The first-order valence-electron chi connectivity index (χ1n) is 5.87. The van der Waals surface area contributed by atoms with Gasteiger partial charge in [0, 0.05) is 17.7 Å². The van der Waals surface area contributed by atoms with Gasteiger partial charge in [0.15, 0.2) is 0 Å². The number of hydrogen-bond donors (Lipinski definition) is 2. The minimum Gasteiger partial charge on any atom is -0.432 e. The maximum atomic E-state index is 11.1. The van der Waals surface area contributed by atoms with Crippen LogP contribution in [0.3, 0.4) is 0 Å². The van der Waals surface area contributed by atoms with Crippen LogP contribution in [0.1, 0.15) is 16.1 Å². The molecule has 108 valence electrons. The second kappa shape index (κ2) is 5.45. The Labute approximate surface area is 119 Å². The Morgan fingerprint density at radius 3 is 2.62 bits per heavy atom. The van der Waals surface area contributed by atoms with Crippen LogP contribution in [0.5, 0.6) is 11.6 Å². The predicted octanol–water partition coefficient (Wildman–Crippen LogP) is 1.77. The van der Waals surface area contributed by atoms with Crippen LogP contribution in [0.15, 0.2) is 30.3 Å². The molecule has 4 N–H and O–H groups in total. The summed E-state index contributed by atoms with van der Waals surface area (Å²) in [7, 11) is 0. The summed E-state index contributed by atoms with van der Waals surface area (Å²) in [6, 6.07) is 6.78. The molecule has 8 heteroatoms. The first kappa shape index (κ1) is 14.3. The third kappa shape index (κ3) is 3.06. The zero-order valence-electron chi connectivity index (χ0n) is 11.1. The van der Waals surface area contributed by atoms with E-state index in [9.17, 15) is 14.9 Å². The number of nitrogens with two attached hydrogens (primary N) is 2. The number of anilines is 1. The number of nitro groups is 1. The number of carbonyl (C=O) groups excluding carboxylic acids is 1. The topological polar surface area (TPSA) is 134 Å². The average Bonchev–Trinajstić information content (AvgIpc) is 2.43. The van der Waals surface area contributed by atoms with Gasteiger partial charge < -0.3 is 16.2 Å². The minimum atomic E-state index is -0.758. The summed E-state index contributed by atoms with van der Waals surface area (Å²) >= 11 is 0. The number of pyridine rings is 1. The first-order chi connectivity index (χ1) is 9.88. The van der Waals surface area contributed by atoms with Crippen molar-refractivity contribution in [2.45, 2.75) is 6.92 Å². The van der Waals surface area contributed by atoms with Gasteiger partial charge in [-0.05, 0) is 25.1 Å². The van der Waals surface area contributed by atoms with Crippen molar-refractivity contribution in [3.8, 4) is 11.6 Å². The van der Waals surface area contributed by atoms with Gasteiger partial charge in [0.1, 0.15) is 0 Å². The Hall–Kier alpha value is -3.16. The van der Waals surface area contributed by atoms with Gasteiger partial charge in [-0.1, -0.05) is 0 Å². The van der Waals surface area contributed by atoms with E-state index in [1.807, 2.05) is 0 Å². The molecule has 0 aliphatic heterocycles. The molecule has 0 aliphatic carbocycles. The number of ether oxygens (including phenoxy) is 1. The molecule has 0 atom stereocenters. The van der Waals surface area contributed by atoms with Crippen LogP contribution in [-0.4, -0.2) is 15.8 Å². The molecule has 0 saturated heterocycles. The second-order valence-electron chi connectivity index (χ2n) is 4.23. The Morgan fingerprint density at radius 1 is 1.33 bits per heavy atom. The lowest BCUT2D eigenvalue weighted by molar-refractivity contribution is -0.385. The number of carbonyl (C=O) groups is 1. The van der Waals surface area contributed by atoms with Crippen LogP contribution in [0, 0.1) is 17.0 Å². The number of amides is 1. The van der Waals surface area contributed by atoms with E-state index in [2.05, 4.69) is 4.98 Å². The number of nitrogen functional groups attached to an aromatic ring is 1. The second-order valence-corrected chi connectivity index (χ2v) is 4.23. The van der Waals surface area contributed by atoms with Crippen LogP contribution in [0.2, 0.25) is 0 Å². The maximum Gasteiger partial charge on any atom is 0.312 e. The van der Waals surface area contributed by atoms with E-state index in [0.29, 0.717) is 11.4 Å². The van der Waals surface area contributed by atoms with E-state index >= 15 is 0 Å².